The van der Waals surface area contributed by atoms with Crippen LogP contribution in [0, 0.1) is 6.92 Å². The molecule has 0 spiro atoms. The van der Waals surface area contributed by atoms with Gasteiger partial charge in [-0.1, -0.05) is 10.6 Å². The third-order valence-electron chi connectivity index (χ3n) is 4.05. The van der Waals surface area contributed by atoms with Gasteiger partial charge in [-0.3, -0.25) is 19.3 Å². The fourth-order valence-electron chi connectivity index (χ4n) is 2.61. The molecule has 1 N–H and O–H groups in total. The largest absolute Gasteiger partial charge is 0.493 e. The molecule has 164 valence electrons. The van der Waals surface area contributed by atoms with Crippen molar-refractivity contribution in [2.75, 3.05) is 20.2 Å². The standard InChI is InChI=1S/C18H16F2N4O5S2/c1-9-14(31-23-22-9)15(25)21-5-6-24-16(26)13(30-18(24)27)8-10-3-4-11(29-17(19)20)12(7-10)28-2/h3-4,7-8,17H,5-6H2,1-2H3,(H,21,25). The molecular formula is C18H16F2N4O5S2. The summed E-state index contributed by atoms with van der Waals surface area (Å²) in [5.74, 6) is -0.992. The van der Waals surface area contributed by atoms with Crippen LogP contribution in [0.4, 0.5) is 13.6 Å². The second-order valence-corrected chi connectivity index (χ2v) is 7.81. The summed E-state index contributed by atoms with van der Waals surface area (Å²) in [6, 6.07) is 4.16. The predicted octanol–water partition coefficient (Wildman–Crippen LogP) is 2.92. The van der Waals surface area contributed by atoms with E-state index in [2.05, 4.69) is 19.6 Å². The monoisotopic (exact) mass is 470 g/mol. The molecule has 1 aromatic heterocycles. The summed E-state index contributed by atoms with van der Waals surface area (Å²) in [7, 11) is 1.30. The first-order valence-electron chi connectivity index (χ1n) is 8.75. The topological polar surface area (TPSA) is 111 Å². The number of nitrogens with zero attached hydrogens (tertiary/aromatic N) is 3. The van der Waals surface area contributed by atoms with Gasteiger partial charge in [-0.25, -0.2) is 0 Å². The lowest BCUT2D eigenvalue weighted by Crippen LogP contribution is -2.37. The summed E-state index contributed by atoms with van der Waals surface area (Å²) >= 11 is 1.70. The van der Waals surface area contributed by atoms with E-state index >= 15 is 0 Å². The number of halogens is 2. The van der Waals surface area contributed by atoms with Gasteiger partial charge in [0, 0.05) is 13.1 Å². The average molecular weight is 470 g/mol. The number of carbonyl (C=O) groups excluding carboxylic acids is 3. The van der Waals surface area contributed by atoms with E-state index in [1.165, 1.54) is 31.4 Å². The van der Waals surface area contributed by atoms with E-state index in [4.69, 9.17) is 4.74 Å². The molecule has 0 atom stereocenters. The number of hydrogen-bond acceptors (Lipinski definition) is 9. The number of rotatable bonds is 8. The molecule has 3 rings (SSSR count). The minimum absolute atomic E-state index is 0.0104. The molecule has 1 aliphatic rings. The van der Waals surface area contributed by atoms with E-state index < -0.39 is 17.8 Å². The number of amides is 3. The second kappa shape index (κ2) is 9.83. The molecular weight excluding hydrogens is 454 g/mol. The Labute approximate surface area is 183 Å². The normalized spacial score (nSPS) is 15.1. The van der Waals surface area contributed by atoms with E-state index in [1.807, 2.05) is 0 Å². The lowest BCUT2D eigenvalue weighted by Gasteiger charge is -2.12. The number of aromatic nitrogens is 2. The van der Waals surface area contributed by atoms with Crippen molar-refractivity contribution in [2.45, 2.75) is 13.5 Å². The van der Waals surface area contributed by atoms with Crippen molar-refractivity contribution in [2.24, 2.45) is 0 Å². The zero-order valence-electron chi connectivity index (χ0n) is 16.3. The zero-order valence-corrected chi connectivity index (χ0v) is 17.9. The number of carbonyl (C=O) groups is 3. The molecule has 1 aromatic carbocycles. The first kappa shape index (κ1) is 22.6. The van der Waals surface area contributed by atoms with E-state index in [0.29, 0.717) is 16.1 Å². The van der Waals surface area contributed by atoms with Crippen LogP contribution in [0.25, 0.3) is 6.08 Å². The van der Waals surface area contributed by atoms with Gasteiger partial charge >= 0.3 is 6.61 Å². The van der Waals surface area contributed by atoms with Crippen LogP contribution >= 0.6 is 23.3 Å². The molecule has 2 aromatic rings. The van der Waals surface area contributed by atoms with Crippen LogP contribution in [0.1, 0.15) is 20.9 Å². The molecule has 0 unspecified atom stereocenters. The number of nitrogens with one attached hydrogen (secondary N) is 1. The quantitative estimate of drug-likeness (QED) is 0.587. The van der Waals surface area contributed by atoms with Crippen LogP contribution in [0.5, 0.6) is 11.5 Å². The van der Waals surface area contributed by atoms with Gasteiger partial charge in [-0.15, -0.1) is 5.10 Å². The lowest BCUT2D eigenvalue weighted by molar-refractivity contribution is -0.122. The van der Waals surface area contributed by atoms with E-state index in [1.54, 1.807) is 6.92 Å². The maximum absolute atomic E-state index is 12.6. The van der Waals surface area contributed by atoms with Crippen molar-refractivity contribution in [1.29, 1.82) is 0 Å². The van der Waals surface area contributed by atoms with Gasteiger partial charge in [0.1, 0.15) is 4.88 Å². The molecule has 0 radical (unpaired) electrons. The van der Waals surface area contributed by atoms with Gasteiger partial charge in [0.25, 0.3) is 17.1 Å². The Morgan fingerprint density at radius 1 is 1.32 bits per heavy atom. The first-order valence-corrected chi connectivity index (χ1v) is 10.3. The van der Waals surface area contributed by atoms with Gasteiger partial charge < -0.3 is 14.8 Å². The number of imide groups is 1. The zero-order chi connectivity index (χ0) is 22.5. The first-order chi connectivity index (χ1) is 14.8. The molecule has 0 saturated carbocycles. The third-order valence-corrected chi connectivity index (χ3v) is 5.79. The van der Waals surface area contributed by atoms with Crippen LogP contribution in [0.15, 0.2) is 23.1 Å². The van der Waals surface area contributed by atoms with Gasteiger partial charge in [-0.2, -0.15) is 8.78 Å². The van der Waals surface area contributed by atoms with Crippen molar-refractivity contribution >= 4 is 46.4 Å². The summed E-state index contributed by atoms with van der Waals surface area (Å²) in [5, 5.41) is 5.89. The number of benzene rings is 1. The molecule has 0 bridgehead atoms. The maximum Gasteiger partial charge on any atom is 0.387 e. The SMILES string of the molecule is COc1cc(C=C2SC(=O)N(CCNC(=O)c3snnc3C)C2=O)ccc1OC(F)F. The molecule has 1 fully saturated rings. The highest BCUT2D eigenvalue weighted by Gasteiger charge is 2.34. The fourth-order valence-corrected chi connectivity index (χ4v) is 4.05. The smallest absolute Gasteiger partial charge is 0.387 e. The highest BCUT2D eigenvalue weighted by Crippen LogP contribution is 2.34. The number of aryl methyl sites for hydroxylation is 1. The Morgan fingerprint density at radius 2 is 2.10 bits per heavy atom. The molecule has 13 heteroatoms. The molecule has 31 heavy (non-hydrogen) atoms. The van der Waals surface area contributed by atoms with Crippen LogP contribution in [-0.2, 0) is 4.79 Å². The number of ether oxygens (including phenoxy) is 2. The lowest BCUT2D eigenvalue weighted by atomic mass is 10.2. The minimum Gasteiger partial charge on any atom is -0.493 e. The number of hydrogen-bond donors (Lipinski definition) is 1. The Morgan fingerprint density at radius 3 is 2.74 bits per heavy atom. The molecule has 0 aliphatic carbocycles. The molecule has 9 nitrogen and oxygen atoms in total. The highest BCUT2D eigenvalue weighted by atomic mass is 32.2. The summed E-state index contributed by atoms with van der Waals surface area (Å²) < 4.78 is 38.0. The summed E-state index contributed by atoms with van der Waals surface area (Å²) in [6.45, 7) is -1.30. The second-order valence-electron chi connectivity index (χ2n) is 6.07. The Bertz CT molecular complexity index is 1040. The van der Waals surface area contributed by atoms with E-state index in [9.17, 15) is 23.2 Å². The number of methoxy groups -OCH3 is 1. The highest BCUT2D eigenvalue weighted by molar-refractivity contribution is 8.18. The number of alkyl halides is 2. The van der Waals surface area contributed by atoms with Gasteiger partial charge in [-0.05, 0) is 54.0 Å². The summed E-state index contributed by atoms with van der Waals surface area (Å²) in [4.78, 5) is 38.4. The predicted molar refractivity (Wildman–Crippen MR) is 109 cm³/mol. The van der Waals surface area contributed by atoms with Crippen LogP contribution in [0.3, 0.4) is 0 Å². The van der Waals surface area contributed by atoms with Crippen LogP contribution in [0.2, 0.25) is 0 Å². The van der Waals surface area contributed by atoms with Crippen molar-refractivity contribution < 1.29 is 32.6 Å². The Hall–Kier alpha value is -3.06. The van der Waals surface area contributed by atoms with Gasteiger partial charge in [0.05, 0.1) is 17.7 Å². The third kappa shape index (κ3) is 5.35. The Balaban J connectivity index is 1.65. The van der Waals surface area contributed by atoms with Gasteiger partial charge in [0.2, 0.25) is 0 Å². The van der Waals surface area contributed by atoms with E-state index in [0.717, 1.165) is 28.2 Å². The maximum atomic E-state index is 12.6. The van der Waals surface area contributed by atoms with Crippen LogP contribution < -0.4 is 14.8 Å². The molecule has 1 saturated heterocycles. The summed E-state index contributed by atoms with van der Waals surface area (Å²) in [6.07, 6.45) is 1.45. The minimum atomic E-state index is -3.01. The average Bonchev–Trinajstić information content (AvgIpc) is 3.26. The van der Waals surface area contributed by atoms with Crippen molar-refractivity contribution in [3.05, 3.63) is 39.2 Å². The van der Waals surface area contributed by atoms with Crippen molar-refractivity contribution in [3.8, 4) is 11.5 Å². The molecule has 1 aliphatic heterocycles. The van der Waals surface area contributed by atoms with E-state index in [-0.39, 0.29) is 35.4 Å². The summed E-state index contributed by atoms with van der Waals surface area (Å²) in [5.41, 5.74) is 0.961. The number of thioether (sulfide) groups is 1. The van der Waals surface area contributed by atoms with Crippen molar-refractivity contribution in [3.63, 3.8) is 0 Å². The molecule has 3 amide bonds. The fraction of sp³-hybridized carbons (Fsp3) is 0.278. The van der Waals surface area contributed by atoms with Crippen molar-refractivity contribution in [1.82, 2.24) is 19.8 Å². The Kier molecular flexibility index (Phi) is 7.17. The molecule has 2 heterocycles. The van der Waals surface area contributed by atoms with Crippen LogP contribution in [-0.4, -0.2) is 58.4 Å². The van der Waals surface area contributed by atoms with Gasteiger partial charge in [0.15, 0.2) is 11.5 Å².